The number of carbonyl (C=O) groups is 2. The van der Waals surface area contributed by atoms with Crippen molar-refractivity contribution in [2.75, 3.05) is 48.0 Å². The maximum absolute atomic E-state index is 14.4. The zero-order valence-corrected chi connectivity index (χ0v) is 27.9. The number of hydrogen-bond acceptors (Lipinski definition) is 8. The maximum Gasteiger partial charge on any atom is 0.259 e. The third-order valence-corrected chi connectivity index (χ3v) is 10.2. The molecule has 2 N–H and O–H groups in total. The quantitative estimate of drug-likeness (QED) is 0.203. The molecule has 1 spiro atoms. The van der Waals surface area contributed by atoms with E-state index in [2.05, 4.69) is 30.2 Å². The lowest BCUT2D eigenvalue weighted by molar-refractivity contribution is -0.000510. The summed E-state index contributed by atoms with van der Waals surface area (Å²) in [5, 5.41) is 3.01. The first-order valence-electron chi connectivity index (χ1n) is 17.1. The summed E-state index contributed by atoms with van der Waals surface area (Å²) >= 11 is 0. The van der Waals surface area contributed by atoms with Crippen molar-refractivity contribution in [2.45, 2.75) is 26.2 Å². The normalized spacial score (nSPS) is 16.4. The number of para-hydroxylation sites is 1. The highest BCUT2D eigenvalue weighted by Crippen LogP contribution is 2.43. The van der Waals surface area contributed by atoms with Crippen LogP contribution in [0.25, 0.3) is 33.9 Å². The number of aromatic amines is 1. The van der Waals surface area contributed by atoms with E-state index in [1.807, 2.05) is 25.1 Å². The van der Waals surface area contributed by atoms with Gasteiger partial charge in [0.25, 0.3) is 11.8 Å². The second kappa shape index (κ2) is 12.2. The van der Waals surface area contributed by atoms with Crippen LogP contribution in [0.2, 0.25) is 0 Å². The molecule has 4 aromatic heterocycles. The number of benzene rings is 2. The third-order valence-electron chi connectivity index (χ3n) is 10.2. The van der Waals surface area contributed by atoms with Crippen LogP contribution >= 0.6 is 0 Å². The number of amides is 2. The smallest absolute Gasteiger partial charge is 0.259 e. The second-order valence-corrected chi connectivity index (χ2v) is 13.7. The fraction of sp³-hybridized carbons (Fsp3) is 0.256. The van der Waals surface area contributed by atoms with Gasteiger partial charge in [0, 0.05) is 73.0 Å². The van der Waals surface area contributed by atoms with Gasteiger partial charge in [-0.1, -0.05) is 6.07 Å². The van der Waals surface area contributed by atoms with Crippen LogP contribution in [0.3, 0.4) is 0 Å². The molecule has 0 aliphatic carbocycles. The number of rotatable bonds is 5. The molecule has 2 fully saturated rings. The fourth-order valence-electron chi connectivity index (χ4n) is 7.49. The van der Waals surface area contributed by atoms with E-state index in [9.17, 15) is 14.0 Å². The van der Waals surface area contributed by atoms with Crippen molar-refractivity contribution in [1.29, 1.82) is 0 Å². The number of nitrogens with zero attached hydrogens (tertiary/aromatic N) is 5. The SMILES string of the molecule is Cc1cnc(N2CC3(CCOCC3)C2)c(C(=O)Nc2ccc(C(=O)N3CCc4cc(-c5nc6cccc(F)c6[nH]5)oc4-c4ccncc43)cc2)c1. The zero-order valence-electron chi connectivity index (χ0n) is 27.9. The molecule has 11 nitrogen and oxygen atoms in total. The molecular weight excluding hydrogens is 649 g/mol. The molecule has 0 bridgehead atoms. The number of fused-ring (bicyclic) bond motifs is 4. The summed E-state index contributed by atoms with van der Waals surface area (Å²) in [5.74, 6) is 1.38. The van der Waals surface area contributed by atoms with Gasteiger partial charge in [0.1, 0.15) is 22.9 Å². The third kappa shape index (κ3) is 5.52. The first kappa shape index (κ1) is 31.1. The largest absolute Gasteiger partial charge is 0.452 e. The standard InChI is InChI=1S/C39H34FN7O4/c1-23-17-28(36(42-19-23)46-21-39(22-46)11-15-50-16-12-39)37(48)43-26-7-5-24(6-8-26)38(49)47-14-10-25-18-32(51-34(25)27-9-13-41-20-31(27)47)35-44-30-4-2-3-29(40)33(30)45-35/h2-9,13,17-20H,10-12,14-16,21-22H2,1H3,(H,43,48)(H,44,45). The Bertz CT molecular complexity index is 2320. The summed E-state index contributed by atoms with van der Waals surface area (Å²) in [6, 6.07) is 17.2. The molecule has 12 heteroatoms. The average Bonchev–Trinajstić information content (AvgIpc) is 3.74. The number of hydrogen-bond donors (Lipinski definition) is 2. The number of anilines is 3. The predicted octanol–water partition coefficient (Wildman–Crippen LogP) is 6.80. The van der Waals surface area contributed by atoms with Crippen molar-refractivity contribution >= 4 is 40.0 Å². The van der Waals surface area contributed by atoms with E-state index in [4.69, 9.17) is 9.15 Å². The van der Waals surface area contributed by atoms with Gasteiger partial charge in [-0.15, -0.1) is 0 Å². The highest BCUT2D eigenvalue weighted by atomic mass is 19.1. The summed E-state index contributed by atoms with van der Waals surface area (Å²) < 4.78 is 26.2. The van der Waals surface area contributed by atoms with E-state index >= 15 is 0 Å². The topological polar surface area (TPSA) is 129 Å². The van der Waals surface area contributed by atoms with E-state index in [0.29, 0.717) is 69.7 Å². The number of carbonyl (C=O) groups excluding carboxylic acids is 2. The molecule has 0 unspecified atom stereocenters. The highest BCUT2D eigenvalue weighted by Gasteiger charge is 2.45. The van der Waals surface area contributed by atoms with Crippen molar-refractivity contribution in [3.05, 3.63) is 107 Å². The first-order chi connectivity index (χ1) is 24.8. The number of aryl methyl sites for hydroxylation is 1. The van der Waals surface area contributed by atoms with Crippen molar-refractivity contribution < 1.29 is 23.1 Å². The van der Waals surface area contributed by atoms with E-state index in [1.54, 1.807) is 59.9 Å². The Labute approximate surface area is 292 Å². The molecule has 3 aliphatic heterocycles. The number of imidazole rings is 1. The number of furan rings is 1. The summed E-state index contributed by atoms with van der Waals surface area (Å²) in [5.41, 5.74) is 5.77. The molecule has 2 amide bonds. The Morgan fingerprint density at radius 1 is 1.02 bits per heavy atom. The van der Waals surface area contributed by atoms with Gasteiger partial charge in [0.05, 0.1) is 23.0 Å². The number of aromatic nitrogens is 4. The molecule has 2 saturated heterocycles. The van der Waals surface area contributed by atoms with Gasteiger partial charge in [-0.2, -0.15) is 0 Å². The Hall–Kier alpha value is -5.88. The number of nitrogens with one attached hydrogen (secondary N) is 2. The van der Waals surface area contributed by atoms with Gasteiger partial charge in [-0.05, 0) is 86.3 Å². The predicted molar refractivity (Wildman–Crippen MR) is 190 cm³/mol. The van der Waals surface area contributed by atoms with Gasteiger partial charge >= 0.3 is 0 Å². The lowest BCUT2D eigenvalue weighted by atomic mass is 9.73. The van der Waals surface area contributed by atoms with Gasteiger partial charge in [0.2, 0.25) is 0 Å². The molecule has 256 valence electrons. The molecule has 0 atom stereocenters. The number of halogens is 1. The van der Waals surface area contributed by atoms with Gasteiger partial charge in [-0.25, -0.2) is 14.4 Å². The number of ether oxygens (including phenoxy) is 1. The minimum atomic E-state index is -0.385. The Kier molecular flexibility index (Phi) is 7.42. The van der Waals surface area contributed by atoms with E-state index in [-0.39, 0.29) is 23.0 Å². The lowest BCUT2D eigenvalue weighted by Gasteiger charge is -2.53. The van der Waals surface area contributed by atoms with E-state index in [1.165, 1.54) is 6.07 Å². The molecule has 0 radical (unpaired) electrons. The van der Waals surface area contributed by atoms with Crippen LogP contribution in [0.15, 0.2) is 83.7 Å². The van der Waals surface area contributed by atoms with Crippen molar-refractivity contribution in [2.24, 2.45) is 5.41 Å². The summed E-state index contributed by atoms with van der Waals surface area (Å²) in [6.45, 7) is 5.59. The van der Waals surface area contributed by atoms with Crippen LogP contribution in [0.5, 0.6) is 0 Å². The van der Waals surface area contributed by atoms with Crippen LogP contribution in [0, 0.1) is 18.2 Å². The summed E-state index contributed by atoms with van der Waals surface area (Å²) in [6.07, 6.45) is 7.68. The lowest BCUT2D eigenvalue weighted by Crippen LogP contribution is -2.59. The molecule has 0 saturated carbocycles. The monoisotopic (exact) mass is 683 g/mol. The first-order valence-corrected chi connectivity index (χ1v) is 17.1. The number of pyridine rings is 2. The zero-order chi connectivity index (χ0) is 34.7. The van der Waals surface area contributed by atoms with Crippen LogP contribution in [-0.4, -0.2) is 64.6 Å². The Morgan fingerprint density at radius 3 is 2.65 bits per heavy atom. The van der Waals surface area contributed by atoms with Crippen LogP contribution in [0.1, 0.15) is 44.7 Å². The van der Waals surface area contributed by atoms with Crippen LogP contribution < -0.4 is 15.1 Å². The van der Waals surface area contributed by atoms with Crippen molar-refractivity contribution in [3.8, 4) is 22.9 Å². The Morgan fingerprint density at radius 2 is 1.84 bits per heavy atom. The van der Waals surface area contributed by atoms with Crippen LogP contribution in [-0.2, 0) is 11.2 Å². The molecular formula is C39H34FN7O4. The van der Waals surface area contributed by atoms with Gasteiger partial charge in [-0.3, -0.25) is 14.6 Å². The second-order valence-electron chi connectivity index (χ2n) is 13.7. The van der Waals surface area contributed by atoms with Crippen molar-refractivity contribution in [1.82, 2.24) is 19.9 Å². The molecule has 6 aromatic rings. The minimum Gasteiger partial charge on any atom is -0.452 e. The van der Waals surface area contributed by atoms with Gasteiger partial charge < -0.3 is 29.3 Å². The molecule has 3 aliphatic rings. The van der Waals surface area contributed by atoms with E-state index < -0.39 is 0 Å². The fourth-order valence-corrected chi connectivity index (χ4v) is 7.49. The van der Waals surface area contributed by atoms with Crippen LogP contribution in [0.4, 0.5) is 21.6 Å². The minimum absolute atomic E-state index is 0.203. The summed E-state index contributed by atoms with van der Waals surface area (Å²) in [4.78, 5) is 48.0. The summed E-state index contributed by atoms with van der Waals surface area (Å²) in [7, 11) is 0. The molecule has 9 rings (SSSR count). The number of H-pyrrole nitrogens is 1. The average molecular weight is 684 g/mol. The van der Waals surface area contributed by atoms with E-state index in [0.717, 1.165) is 55.8 Å². The molecule has 7 heterocycles. The molecule has 2 aromatic carbocycles. The van der Waals surface area contributed by atoms with Gasteiger partial charge in [0.15, 0.2) is 11.6 Å². The molecule has 51 heavy (non-hydrogen) atoms. The highest BCUT2D eigenvalue weighted by molar-refractivity contribution is 6.10. The Balaban J connectivity index is 0.929. The van der Waals surface area contributed by atoms with Crippen molar-refractivity contribution in [3.63, 3.8) is 0 Å². The maximum atomic E-state index is 14.4.